The van der Waals surface area contributed by atoms with Gasteiger partial charge in [-0.15, -0.1) is 0 Å². The molecule has 3 heterocycles. The highest BCUT2D eigenvalue weighted by molar-refractivity contribution is 5.92. The minimum absolute atomic E-state index is 0.0650. The van der Waals surface area contributed by atoms with Crippen LogP contribution >= 0.6 is 0 Å². The first kappa shape index (κ1) is 18.7. The van der Waals surface area contributed by atoms with E-state index in [0.29, 0.717) is 30.6 Å². The molecule has 0 radical (unpaired) electrons. The van der Waals surface area contributed by atoms with Gasteiger partial charge in [-0.2, -0.15) is 0 Å². The van der Waals surface area contributed by atoms with Crippen molar-refractivity contribution in [2.45, 2.75) is 19.8 Å². The summed E-state index contributed by atoms with van der Waals surface area (Å²) in [6.45, 7) is 5.37. The molecule has 0 unspecified atom stereocenters. The van der Waals surface area contributed by atoms with Gasteiger partial charge < -0.3 is 14.5 Å². The van der Waals surface area contributed by atoms with Gasteiger partial charge in [0.2, 0.25) is 5.88 Å². The lowest BCUT2D eigenvalue weighted by Gasteiger charge is -2.36. The van der Waals surface area contributed by atoms with Crippen LogP contribution in [0.4, 0.5) is 5.69 Å². The third-order valence-corrected chi connectivity index (χ3v) is 5.67. The summed E-state index contributed by atoms with van der Waals surface area (Å²) in [5.41, 5.74) is 3.17. The average molecular weight is 404 g/mol. The number of nitrogens with zero attached hydrogens (tertiary/aromatic N) is 6. The van der Waals surface area contributed by atoms with E-state index in [0.717, 1.165) is 42.0 Å². The van der Waals surface area contributed by atoms with Gasteiger partial charge in [0.25, 0.3) is 5.91 Å². The van der Waals surface area contributed by atoms with Crippen LogP contribution in [-0.4, -0.2) is 63.5 Å². The molecule has 1 amide bonds. The number of carbonyl (C=O) groups excluding carboxylic acids is 1. The Bertz CT molecular complexity index is 1060. The second-order valence-electron chi connectivity index (χ2n) is 7.96. The summed E-state index contributed by atoms with van der Waals surface area (Å²) in [7, 11) is 0. The summed E-state index contributed by atoms with van der Waals surface area (Å²) < 4.78 is 5.96. The molecule has 8 heteroatoms. The van der Waals surface area contributed by atoms with Crippen molar-refractivity contribution in [1.29, 1.82) is 0 Å². The lowest BCUT2D eigenvalue weighted by Crippen LogP contribution is -2.49. The summed E-state index contributed by atoms with van der Waals surface area (Å²) in [6.07, 6.45) is 7.22. The fourth-order valence-electron chi connectivity index (χ4n) is 3.65. The number of carbonyl (C=O) groups is 1. The highest BCUT2D eigenvalue weighted by Crippen LogP contribution is 2.32. The number of aromatic nitrogens is 4. The fraction of sp³-hybridized carbons (Fsp3) is 0.409. The number of anilines is 1. The molecule has 2 aromatic heterocycles. The molecule has 1 aliphatic heterocycles. The molecule has 8 nitrogen and oxygen atoms in total. The second kappa shape index (κ2) is 7.85. The summed E-state index contributed by atoms with van der Waals surface area (Å²) in [4.78, 5) is 33.9. The van der Waals surface area contributed by atoms with E-state index in [1.54, 1.807) is 18.7 Å². The summed E-state index contributed by atoms with van der Waals surface area (Å²) in [5, 5.41) is 0.934. The number of aryl methyl sites for hydroxylation is 1. The molecule has 154 valence electrons. The maximum Gasteiger partial charge on any atom is 0.274 e. The first-order valence-electron chi connectivity index (χ1n) is 10.4. The highest BCUT2D eigenvalue weighted by atomic mass is 16.5. The van der Waals surface area contributed by atoms with Crippen LogP contribution in [0.5, 0.6) is 5.88 Å². The Morgan fingerprint density at radius 2 is 1.90 bits per heavy atom. The molecule has 30 heavy (non-hydrogen) atoms. The van der Waals surface area contributed by atoms with Gasteiger partial charge in [0.15, 0.2) is 0 Å². The number of piperazine rings is 1. The third-order valence-electron chi connectivity index (χ3n) is 5.67. The van der Waals surface area contributed by atoms with Gasteiger partial charge in [0, 0.05) is 38.1 Å². The van der Waals surface area contributed by atoms with Crippen LogP contribution in [0.2, 0.25) is 0 Å². The summed E-state index contributed by atoms with van der Waals surface area (Å²) in [6, 6.07) is 6.18. The third kappa shape index (κ3) is 3.90. The van der Waals surface area contributed by atoms with E-state index in [1.807, 2.05) is 17.9 Å². The van der Waals surface area contributed by atoms with E-state index in [-0.39, 0.29) is 5.91 Å². The number of hydrogen-bond donors (Lipinski definition) is 0. The van der Waals surface area contributed by atoms with E-state index in [4.69, 9.17) is 4.74 Å². The minimum atomic E-state index is -0.0650. The maximum absolute atomic E-state index is 12.7. The van der Waals surface area contributed by atoms with Crippen LogP contribution in [0.3, 0.4) is 0 Å². The van der Waals surface area contributed by atoms with Crippen LogP contribution in [0.1, 0.15) is 29.0 Å². The van der Waals surface area contributed by atoms with Crippen molar-refractivity contribution in [2.24, 2.45) is 5.92 Å². The minimum Gasteiger partial charge on any atom is -0.477 e. The Kier molecular flexibility index (Phi) is 4.90. The predicted octanol–water partition coefficient (Wildman–Crippen LogP) is 2.48. The zero-order valence-electron chi connectivity index (χ0n) is 17.0. The van der Waals surface area contributed by atoms with Crippen molar-refractivity contribution in [2.75, 3.05) is 37.7 Å². The molecule has 1 saturated carbocycles. The molecule has 3 aromatic rings. The Hall–Kier alpha value is -3.29. The highest BCUT2D eigenvalue weighted by Gasteiger charge is 2.25. The molecule has 1 aromatic carbocycles. The van der Waals surface area contributed by atoms with Crippen LogP contribution < -0.4 is 9.64 Å². The monoisotopic (exact) mass is 404 g/mol. The first-order chi connectivity index (χ1) is 14.7. The van der Waals surface area contributed by atoms with E-state index in [2.05, 4.69) is 37.0 Å². The fourth-order valence-corrected chi connectivity index (χ4v) is 3.65. The van der Waals surface area contributed by atoms with Gasteiger partial charge in [-0.3, -0.25) is 9.78 Å². The van der Waals surface area contributed by atoms with Crippen molar-refractivity contribution in [1.82, 2.24) is 24.8 Å². The van der Waals surface area contributed by atoms with Crippen LogP contribution in [-0.2, 0) is 0 Å². The van der Waals surface area contributed by atoms with Crippen molar-refractivity contribution >= 4 is 22.5 Å². The normalized spacial score (nSPS) is 16.7. The Labute approximate surface area is 174 Å². The van der Waals surface area contributed by atoms with Gasteiger partial charge in [-0.05, 0) is 43.9 Å². The van der Waals surface area contributed by atoms with Crippen molar-refractivity contribution < 1.29 is 9.53 Å². The lowest BCUT2D eigenvalue weighted by molar-refractivity contribution is 0.0740. The quantitative estimate of drug-likeness (QED) is 0.646. The Morgan fingerprint density at radius 1 is 1.07 bits per heavy atom. The SMILES string of the molecule is Cc1cnc(C(=O)N2CCN(c3ccc4ncnc(OCC5CC5)c4c3)CC2)cn1. The molecule has 2 aliphatic rings. The number of ether oxygens (including phenoxy) is 1. The summed E-state index contributed by atoms with van der Waals surface area (Å²) in [5.74, 6) is 1.26. The van der Waals surface area contributed by atoms with Crippen LogP contribution in [0.15, 0.2) is 36.9 Å². The summed E-state index contributed by atoms with van der Waals surface area (Å²) >= 11 is 0. The molecule has 0 spiro atoms. The topological polar surface area (TPSA) is 84.3 Å². The number of hydrogen-bond acceptors (Lipinski definition) is 7. The van der Waals surface area contributed by atoms with E-state index in [1.165, 1.54) is 12.8 Å². The molecule has 0 N–H and O–H groups in total. The molecule has 5 rings (SSSR count). The molecule has 1 saturated heterocycles. The Balaban J connectivity index is 1.28. The Morgan fingerprint density at radius 3 is 2.63 bits per heavy atom. The zero-order valence-corrected chi connectivity index (χ0v) is 17.0. The van der Waals surface area contributed by atoms with E-state index >= 15 is 0 Å². The van der Waals surface area contributed by atoms with Gasteiger partial charge >= 0.3 is 0 Å². The van der Waals surface area contributed by atoms with Crippen LogP contribution in [0, 0.1) is 12.8 Å². The van der Waals surface area contributed by atoms with Gasteiger partial charge in [-0.25, -0.2) is 15.0 Å². The van der Waals surface area contributed by atoms with Crippen molar-refractivity contribution in [3.8, 4) is 5.88 Å². The number of benzene rings is 1. The zero-order chi connectivity index (χ0) is 20.5. The second-order valence-corrected chi connectivity index (χ2v) is 7.96. The number of fused-ring (bicyclic) bond motifs is 1. The van der Waals surface area contributed by atoms with Gasteiger partial charge in [0.1, 0.15) is 12.0 Å². The van der Waals surface area contributed by atoms with Crippen molar-refractivity contribution in [3.05, 3.63) is 48.3 Å². The van der Waals surface area contributed by atoms with E-state index < -0.39 is 0 Å². The molecule has 1 aliphatic carbocycles. The number of rotatable bonds is 5. The van der Waals surface area contributed by atoms with Crippen molar-refractivity contribution in [3.63, 3.8) is 0 Å². The predicted molar refractivity (Wildman–Crippen MR) is 113 cm³/mol. The van der Waals surface area contributed by atoms with E-state index in [9.17, 15) is 4.79 Å². The van der Waals surface area contributed by atoms with Crippen LogP contribution in [0.25, 0.3) is 10.9 Å². The molecular weight excluding hydrogens is 380 g/mol. The van der Waals surface area contributed by atoms with Gasteiger partial charge in [0.05, 0.1) is 29.4 Å². The molecule has 0 bridgehead atoms. The lowest BCUT2D eigenvalue weighted by atomic mass is 10.2. The first-order valence-corrected chi connectivity index (χ1v) is 10.4. The standard InChI is InChI=1S/C22H24N6O2/c1-15-11-24-20(12-23-15)22(29)28-8-6-27(7-9-28)17-4-5-19-18(10-17)21(26-14-25-19)30-13-16-2-3-16/h4-5,10-12,14,16H,2-3,6-9,13H2,1H3. The average Bonchev–Trinajstić information content (AvgIpc) is 3.62. The number of amides is 1. The smallest absolute Gasteiger partial charge is 0.274 e. The van der Waals surface area contributed by atoms with Gasteiger partial charge in [-0.1, -0.05) is 0 Å². The molecule has 0 atom stereocenters. The maximum atomic E-state index is 12.7. The molecular formula is C22H24N6O2. The molecule has 2 fully saturated rings. The largest absolute Gasteiger partial charge is 0.477 e.